The number of para-hydroxylation sites is 1. The summed E-state index contributed by atoms with van der Waals surface area (Å²) in [5.74, 6) is 0.616. The molecule has 2 rings (SSSR count). The number of hydrogen-bond donors (Lipinski definition) is 2. The fraction of sp³-hybridized carbons (Fsp3) is 0.357. The third-order valence-electron chi connectivity index (χ3n) is 2.47. The van der Waals surface area contributed by atoms with Crippen LogP contribution in [-0.4, -0.2) is 28.0 Å². The Morgan fingerprint density at radius 1 is 1.21 bits per heavy atom. The number of amides is 1. The Labute approximate surface area is 112 Å². The summed E-state index contributed by atoms with van der Waals surface area (Å²) in [6.07, 6.45) is 1.49. The van der Waals surface area contributed by atoms with Crippen LogP contribution in [-0.2, 0) is 4.79 Å². The van der Waals surface area contributed by atoms with E-state index in [0.717, 1.165) is 10.9 Å². The summed E-state index contributed by atoms with van der Waals surface area (Å²) in [5.41, 5.74) is 0.628. The molecule has 0 atom stereocenters. The van der Waals surface area contributed by atoms with Crippen LogP contribution in [0.2, 0.25) is 0 Å². The zero-order valence-electron chi connectivity index (χ0n) is 11.4. The van der Waals surface area contributed by atoms with E-state index in [9.17, 15) is 4.79 Å². The van der Waals surface area contributed by atoms with Gasteiger partial charge < -0.3 is 10.6 Å². The standard InChI is InChI=1S/C14H18N4O/c1-14(2,3)18-12(19)8-15-13-10-6-4-5-7-11(10)16-9-17-13/h4-7,9H,8H2,1-3H3,(H,18,19)(H,15,16,17). The third kappa shape index (κ3) is 3.64. The summed E-state index contributed by atoms with van der Waals surface area (Å²) in [6, 6.07) is 7.69. The Bertz CT molecular complexity index is 584. The lowest BCUT2D eigenvalue weighted by Crippen LogP contribution is -2.43. The lowest BCUT2D eigenvalue weighted by molar-refractivity contribution is -0.120. The fourth-order valence-corrected chi connectivity index (χ4v) is 1.77. The van der Waals surface area contributed by atoms with Gasteiger partial charge in [0.2, 0.25) is 5.91 Å². The summed E-state index contributed by atoms with van der Waals surface area (Å²) in [5, 5.41) is 6.85. The maximum absolute atomic E-state index is 11.8. The van der Waals surface area contributed by atoms with Gasteiger partial charge in [0.15, 0.2) is 0 Å². The minimum Gasteiger partial charge on any atom is -0.360 e. The van der Waals surface area contributed by atoms with Crippen molar-refractivity contribution < 1.29 is 4.79 Å². The van der Waals surface area contributed by atoms with Crippen LogP contribution < -0.4 is 10.6 Å². The molecule has 5 nitrogen and oxygen atoms in total. The molecular formula is C14H18N4O. The second-order valence-electron chi connectivity index (χ2n) is 5.39. The van der Waals surface area contributed by atoms with E-state index < -0.39 is 0 Å². The van der Waals surface area contributed by atoms with Crippen molar-refractivity contribution in [3.05, 3.63) is 30.6 Å². The number of nitrogens with zero attached hydrogens (tertiary/aromatic N) is 2. The molecule has 100 valence electrons. The molecule has 1 aromatic carbocycles. The normalized spacial score (nSPS) is 11.3. The summed E-state index contributed by atoms with van der Waals surface area (Å²) in [4.78, 5) is 20.1. The number of nitrogens with one attached hydrogen (secondary N) is 2. The number of carbonyl (C=O) groups is 1. The van der Waals surface area contributed by atoms with Gasteiger partial charge in [0.25, 0.3) is 0 Å². The zero-order chi connectivity index (χ0) is 13.9. The highest BCUT2D eigenvalue weighted by molar-refractivity contribution is 5.90. The van der Waals surface area contributed by atoms with Crippen molar-refractivity contribution in [3.8, 4) is 0 Å². The van der Waals surface area contributed by atoms with E-state index in [4.69, 9.17) is 0 Å². The largest absolute Gasteiger partial charge is 0.360 e. The van der Waals surface area contributed by atoms with Gasteiger partial charge in [-0.15, -0.1) is 0 Å². The molecular weight excluding hydrogens is 240 g/mol. The van der Waals surface area contributed by atoms with Gasteiger partial charge in [-0.1, -0.05) is 12.1 Å². The Morgan fingerprint density at radius 2 is 1.95 bits per heavy atom. The molecule has 2 N–H and O–H groups in total. The van der Waals surface area contributed by atoms with E-state index in [-0.39, 0.29) is 18.0 Å². The van der Waals surface area contributed by atoms with Gasteiger partial charge in [-0.05, 0) is 32.9 Å². The molecule has 0 aliphatic heterocycles. The van der Waals surface area contributed by atoms with E-state index in [1.54, 1.807) is 0 Å². The lowest BCUT2D eigenvalue weighted by Gasteiger charge is -2.20. The van der Waals surface area contributed by atoms with Crippen LogP contribution in [0.3, 0.4) is 0 Å². The summed E-state index contributed by atoms with van der Waals surface area (Å²) in [6.45, 7) is 6.04. The minimum absolute atomic E-state index is 0.0600. The van der Waals surface area contributed by atoms with Crippen LogP contribution in [0.4, 0.5) is 5.82 Å². The molecule has 0 aliphatic rings. The van der Waals surface area contributed by atoms with Gasteiger partial charge in [0, 0.05) is 10.9 Å². The maximum atomic E-state index is 11.8. The second kappa shape index (κ2) is 5.22. The van der Waals surface area contributed by atoms with E-state index in [1.165, 1.54) is 6.33 Å². The first-order chi connectivity index (χ1) is 8.96. The van der Waals surface area contributed by atoms with E-state index in [2.05, 4.69) is 20.6 Å². The Hall–Kier alpha value is -2.17. The van der Waals surface area contributed by atoms with Crippen LogP contribution in [0, 0.1) is 0 Å². The first-order valence-electron chi connectivity index (χ1n) is 6.20. The molecule has 0 spiro atoms. The molecule has 0 radical (unpaired) electrons. The average Bonchev–Trinajstić information content (AvgIpc) is 2.34. The molecule has 1 aromatic heterocycles. The predicted molar refractivity (Wildman–Crippen MR) is 75.9 cm³/mol. The van der Waals surface area contributed by atoms with E-state index >= 15 is 0 Å². The molecule has 0 saturated carbocycles. The van der Waals surface area contributed by atoms with Gasteiger partial charge in [-0.25, -0.2) is 9.97 Å². The Kier molecular flexibility index (Phi) is 3.64. The molecule has 0 fully saturated rings. The highest BCUT2D eigenvalue weighted by Gasteiger charge is 2.13. The fourth-order valence-electron chi connectivity index (χ4n) is 1.77. The Morgan fingerprint density at radius 3 is 2.68 bits per heavy atom. The maximum Gasteiger partial charge on any atom is 0.239 e. The second-order valence-corrected chi connectivity index (χ2v) is 5.39. The topological polar surface area (TPSA) is 66.9 Å². The zero-order valence-corrected chi connectivity index (χ0v) is 11.4. The van der Waals surface area contributed by atoms with Crippen molar-refractivity contribution in [2.45, 2.75) is 26.3 Å². The summed E-state index contributed by atoms with van der Waals surface area (Å²) in [7, 11) is 0. The van der Waals surface area contributed by atoms with Gasteiger partial charge in [-0.2, -0.15) is 0 Å². The van der Waals surface area contributed by atoms with Crippen molar-refractivity contribution in [2.24, 2.45) is 0 Å². The summed E-state index contributed by atoms with van der Waals surface area (Å²) < 4.78 is 0. The predicted octanol–water partition coefficient (Wildman–Crippen LogP) is 1.96. The monoisotopic (exact) mass is 258 g/mol. The molecule has 1 heterocycles. The number of hydrogen-bond acceptors (Lipinski definition) is 4. The van der Waals surface area contributed by atoms with Crippen LogP contribution in [0.15, 0.2) is 30.6 Å². The van der Waals surface area contributed by atoms with E-state index in [1.807, 2.05) is 45.0 Å². The number of anilines is 1. The molecule has 2 aromatic rings. The van der Waals surface area contributed by atoms with Crippen molar-refractivity contribution in [2.75, 3.05) is 11.9 Å². The first kappa shape index (κ1) is 13.3. The lowest BCUT2D eigenvalue weighted by atomic mass is 10.1. The van der Waals surface area contributed by atoms with Crippen molar-refractivity contribution >= 4 is 22.6 Å². The third-order valence-corrected chi connectivity index (χ3v) is 2.47. The molecule has 19 heavy (non-hydrogen) atoms. The smallest absolute Gasteiger partial charge is 0.239 e. The highest BCUT2D eigenvalue weighted by atomic mass is 16.2. The van der Waals surface area contributed by atoms with Crippen molar-refractivity contribution in [3.63, 3.8) is 0 Å². The van der Waals surface area contributed by atoms with Gasteiger partial charge in [0.05, 0.1) is 12.1 Å². The van der Waals surface area contributed by atoms with Crippen molar-refractivity contribution in [1.29, 1.82) is 0 Å². The van der Waals surface area contributed by atoms with Gasteiger partial charge >= 0.3 is 0 Å². The molecule has 1 amide bonds. The minimum atomic E-state index is -0.230. The number of rotatable bonds is 3. The number of benzene rings is 1. The highest BCUT2D eigenvalue weighted by Crippen LogP contribution is 2.17. The van der Waals surface area contributed by atoms with Gasteiger partial charge in [-0.3, -0.25) is 4.79 Å². The van der Waals surface area contributed by atoms with Crippen LogP contribution >= 0.6 is 0 Å². The van der Waals surface area contributed by atoms with E-state index in [0.29, 0.717) is 5.82 Å². The number of carbonyl (C=O) groups excluding carboxylic acids is 1. The average molecular weight is 258 g/mol. The van der Waals surface area contributed by atoms with Gasteiger partial charge in [0.1, 0.15) is 12.1 Å². The molecule has 5 heteroatoms. The van der Waals surface area contributed by atoms with Crippen LogP contribution in [0.25, 0.3) is 10.9 Å². The first-order valence-corrected chi connectivity index (χ1v) is 6.20. The molecule has 0 bridgehead atoms. The number of fused-ring (bicyclic) bond motifs is 1. The van der Waals surface area contributed by atoms with Crippen LogP contribution in [0.1, 0.15) is 20.8 Å². The molecule has 0 saturated heterocycles. The quantitative estimate of drug-likeness (QED) is 0.883. The molecule has 0 aliphatic carbocycles. The molecule has 0 unspecified atom stereocenters. The SMILES string of the molecule is CC(C)(C)NC(=O)CNc1ncnc2ccccc12. The van der Waals surface area contributed by atoms with Crippen molar-refractivity contribution in [1.82, 2.24) is 15.3 Å². The van der Waals surface area contributed by atoms with Crippen LogP contribution in [0.5, 0.6) is 0 Å². The number of aromatic nitrogens is 2. The Balaban J connectivity index is 2.08. The summed E-state index contributed by atoms with van der Waals surface area (Å²) >= 11 is 0.